The number of hydrogen-bond donors (Lipinski definition) is 2. The van der Waals surface area contributed by atoms with Crippen LogP contribution in [0.3, 0.4) is 0 Å². The van der Waals surface area contributed by atoms with Gasteiger partial charge in [-0.05, 0) is 19.3 Å². The highest BCUT2D eigenvalue weighted by Crippen LogP contribution is 2.14. The summed E-state index contributed by atoms with van der Waals surface area (Å²) in [4.78, 5) is 18.9. The molecule has 4 nitrogen and oxygen atoms in total. The van der Waals surface area contributed by atoms with Gasteiger partial charge in [-0.2, -0.15) is 0 Å². The molecule has 2 N–H and O–H groups in total. The van der Waals surface area contributed by atoms with Crippen molar-refractivity contribution in [3.63, 3.8) is 0 Å². The topological polar surface area (TPSA) is 57.8 Å². The Hall–Kier alpha value is -1.32. The number of fused-ring (bicyclic) bond motifs is 1. The molecule has 14 heavy (non-hydrogen) atoms. The lowest BCUT2D eigenvalue weighted by Crippen LogP contribution is -2.25. The molecule has 1 aromatic heterocycles. The molecule has 0 spiro atoms. The van der Waals surface area contributed by atoms with Gasteiger partial charge in [0.2, 0.25) is 0 Å². The lowest BCUT2D eigenvalue weighted by molar-refractivity contribution is 0.763. The van der Waals surface area contributed by atoms with E-state index in [1.165, 1.54) is 0 Å². The Morgan fingerprint density at radius 3 is 3.14 bits per heavy atom. The van der Waals surface area contributed by atoms with Crippen molar-refractivity contribution in [3.05, 3.63) is 21.7 Å². The maximum Gasteiger partial charge on any atom is 0.256 e. The van der Waals surface area contributed by atoms with Crippen molar-refractivity contribution in [2.75, 3.05) is 11.9 Å². The second-order valence-corrected chi connectivity index (χ2v) is 3.62. The van der Waals surface area contributed by atoms with Crippen LogP contribution in [0.4, 0.5) is 5.82 Å². The molecule has 0 atom stereocenters. The van der Waals surface area contributed by atoms with Crippen LogP contribution in [0.25, 0.3) is 0 Å². The van der Waals surface area contributed by atoms with Crippen molar-refractivity contribution in [2.45, 2.75) is 32.6 Å². The van der Waals surface area contributed by atoms with Crippen LogP contribution in [-0.2, 0) is 12.8 Å². The Kier molecular flexibility index (Phi) is 2.52. The van der Waals surface area contributed by atoms with Gasteiger partial charge < -0.3 is 10.3 Å². The summed E-state index contributed by atoms with van der Waals surface area (Å²) >= 11 is 0. The molecule has 1 aliphatic heterocycles. The largest absolute Gasteiger partial charge is 0.370 e. The highest BCUT2D eigenvalue weighted by atomic mass is 16.1. The van der Waals surface area contributed by atoms with Crippen molar-refractivity contribution in [2.24, 2.45) is 0 Å². The van der Waals surface area contributed by atoms with Crippen molar-refractivity contribution in [1.29, 1.82) is 0 Å². The van der Waals surface area contributed by atoms with E-state index < -0.39 is 0 Å². The number of rotatable bonds is 2. The third-order valence-corrected chi connectivity index (χ3v) is 2.45. The zero-order valence-electron chi connectivity index (χ0n) is 8.39. The molecule has 2 heterocycles. The quantitative estimate of drug-likeness (QED) is 0.739. The van der Waals surface area contributed by atoms with Gasteiger partial charge in [-0.15, -0.1) is 0 Å². The van der Waals surface area contributed by atoms with E-state index in [0.717, 1.165) is 49.4 Å². The number of hydrogen-bond acceptors (Lipinski definition) is 3. The summed E-state index contributed by atoms with van der Waals surface area (Å²) in [5.74, 6) is 1.59. The van der Waals surface area contributed by atoms with Crippen LogP contribution < -0.4 is 10.9 Å². The minimum absolute atomic E-state index is 0.0330. The first kappa shape index (κ1) is 9.24. The Balaban J connectivity index is 2.41. The summed E-state index contributed by atoms with van der Waals surface area (Å²) in [6, 6.07) is 0. The van der Waals surface area contributed by atoms with E-state index >= 15 is 0 Å². The van der Waals surface area contributed by atoms with Gasteiger partial charge in [-0.3, -0.25) is 4.79 Å². The van der Waals surface area contributed by atoms with Gasteiger partial charge in [0.1, 0.15) is 11.6 Å². The molecule has 0 aromatic carbocycles. The first-order valence-corrected chi connectivity index (χ1v) is 5.17. The third-order valence-electron chi connectivity index (χ3n) is 2.45. The first-order chi connectivity index (χ1) is 6.81. The summed E-state index contributed by atoms with van der Waals surface area (Å²) in [6.07, 6.45) is 3.70. The van der Waals surface area contributed by atoms with Crippen molar-refractivity contribution in [3.8, 4) is 0 Å². The minimum atomic E-state index is 0.0330. The number of aryl methyl sites for hydroxylation is 1. The second-order valence-electron chi connectivity index (χ2n) is 3.62. The van der Waals surface area contributed by atoms with Gasteiger partial charge >= 0.3 is 0 Å². The molecule has 0 unspecified atom stereocenters. The Labute approximate surface area is 82.8 Å². The molecule has 0 bridgehead atoms. The van der Waals surface area contributed by atoms with E-state index in [1.54, 1.807) is 0 Å². The normalized spacial score (nSPS) is 14.6. The van der Waals surface area contributed by atoms with Gasteiger partial charge in [-0.25, -0.2) is 4.98 Å². The van der Waals surface area contributed by atoms with Gasteiger partial charge in [-0.1, -0.05) is 6.92 Å². The summed E-state index contributed by atoms with van der Waals surface area (Å²) in [7, 11) is 0. The van der Waals surface area contributed by atoms with E-state index in [4.69, 9.17) is 0 Å². The average Bonchev–Trinajstić information content (AvgIpc) is 2.18. The highest BCUT2D eigenvalue weighted by molar-refractivity contribution is 5.44. The molecule has 4 heteroatoms. The number of H-pyrrole nitrogens is 1. The van der Waals surface area contributed by atoms with Crippen LogP contribution in [0.5, 0.6) is 0 Å². The number of aromatic nitrogens is 2. The Morgan fingerprint density at radius 1 is 1.50 bits per heavy atom. The van der Waals surface area contributed by atoms with Gasteiger partial charge in [0, 0.05) is 13.0 Å². The van der Waals surface area contributed by atoms with Crippen LogP contribution in [0.1, 0.15) is 31.2 Å². The van der Waals surface area contributed by atoms with Crippen molar-refractivity contribution in [1.82, 2.24) is 9.97 Å². The van der Waals surface area contributed by atoms with Crippen molar-refractivity contribution < 1.29 is 0 Å². The minimum Gasteiger partial charge on any atom is -0.370 e. The van der Waals surface area contributed by atoms with E-state index in [1.807, 2.05) is 0 Å². The third kappa shape index (κ3) is 1.64. The summed E-state index contributed by atoms with van der Waals surface area (Å²) < 4.78 is 0. The summed E-state index contributed by atoms with van der Waals surface area (Å²) in [5, 5.41) is 3.17. The van der Waals surface area contributed by atoms with E-state index in [2.05, 4.69) is 22.2 Å². The lowest BCUT2D eigenvalue weighted by atomic mass is 10.1. The van der Waals surface area contributed by atoms with E-state index in [-0.39, 0.29) is 5.56 Å². The predicted octanol–water partition coefficient (Wildman–Crippen LogP) is 1.08. The van der Waals surface area contributed by atoms with E-state index in [0.29, 0.717) is 0 Å². The summed E-state index contributed by atoms with van der Waals surface area (Å²) in [5.41, 5.74) is 0.849. The lowest BCUT2D eigenvalue weighted by Gasteiger charge is -2.16. The molecule has 0 amide bonds. The monoisotopic (exact) mass is 193 g/mol. The molecule has 1 aliphatic rings. The van der Waals surface area contributed by atoms with Crippen LogP contribution in [-0.4, -0.2) is 16.5 Å². The van der Waals surface area contributed by atoms with Gasteiger partial charge in [0.25, 0.3) is 5.56 Å². The zero-order chi connectivity index (χ0) is 9.97. The van der Waals surface area contributed by atoms with Gasteiger partial charge in [0.15, 0.2) is 0 Å². The van der Waals surface area contributed by atoms with Crippen LogP contribution in [0.15, 0.2) is 4.79 Å². The second kappa shape index (κ2) is 3.82. The Bertz CT molecular complexity index is 383. The van der Waals surface area contributed by atoms with Crippen LogP contribution in [0.2, 0.25) is 0 Å². The maximum atomic E-state index is 11.6. The molecule has 0 saturated heterocycles. The molecular weight excluding hydrogens is 178 g/mol. The SMILES string of the molecule is CCCc1nc2c(c(=O)[nH]1)CCCN2. The first-order valence-electron chi connectivity index (χ1n) is 5.17. The summed E-state index contributed by atoms with van der Waals surface area (Å²) in [6.45, 7) is 3.00. The Morgan fingerprint density at radius 2 is 2.36 bits per heavy atom. The fourth-order valence-electron chi connectivity index (χ4n) is 1.75. The molecule has 76 valence electrons. The number of nitrogens with zero attached hydrogens (tertiary/aromatic N) is 1. The fraction of sp³-hybridized carbons (Fsp3) is 0.600. The van der Waals surface area contributed by atoms with Crippen LogP contribution in [0, 0.1) is 0 Å². The molecule has 2 rings (SSSR count). The molecule has 1 aromatic rings. The van der Waals surface area contributed by atoms with E-state index in [9.17, 15) is 4.79 Å². The smallest absolute Gasteiger partial charge is 0.256 e. The highest BCUT2D eigenvalue weighted by Gasteiger charge is 2.14. The molecule has 0 fully saturated rings. The number of anilines is 1. The molecule has 0 saturated carbocycles. The molecule has 0 aliphatic carbocycles. The molecule has 0 radical (unpaired) electrons. The predicted molar refractivity (Wildman–Crippen MR) is 55.7 cm³/mol. The zero-order valence-corrected chi connectivity index (χ0v) is 8.39. The standard InChI is InChI=1S/C10H15N3O/c1-2-4-8-12-9-7(10(14)13-8)5-3-6-11-9/h2-6H2,1H3,(H2,11,12,13,14). The molecular formula is C10H15N3O. The number of aromatic amines is 1. The van der Waals surface area contributed by atoms with Crippen LogP contribution >= 0.6 is 0 Å². The van der Waals surface area contributed by atoms with Crippen molar-refractivity contribution >= 4 is 5.82 Å². The van der Waals surface area contributed by atoms with Gasteiger partial charge in [0.05, 0.1) is 5.56 Å². The maximum absolute atomic E-state index is 11.6. The average molecular weight is 193 g/mol. The number of nitrogens with one attached hydrogen (secondary N) is 2. The fourth-order valence-corrected chi connectivity index (χ4v) is 1.75.